The van der Waals surface area contributed by atoms with Crippen LogP contribution in [0.5, 0.6) is 5.75 Å². The molecule has 1 amide bonds. The minimum atomic E-state index is -0.267. The number of pyridine rings is 1. The van der Waals surface area contributed by atoms with Gasteiger partial charge in [-0.3, -0.25) is 4.79 Å². The van der Waals surface area contributed by atoms with Crippen molar-refractivity contribution < 1.29 is 9.53 Å². The highest BCUT2D eigenvalue weighted by Gasteiger charge is 2.13. The zero-order valence-corrected chi connectivity index (χ0v) is 13.7. The van der Waals surface area contributed by atoms with Gasteiger partial charge in [-0.15, -0.1) is 0 Å². The Morgan fingerprint density at radius 1 is 1.27 bits per heavy atom. The lowest BCUT2D eigenvalue weighted by Crippen LogP contribution is -2.16. The molecule has 0 spiro atoms. The van der Waals surface area contributed by atoms with E-state index in [0.29, 0.717) is 22.8 Å². The van der Waals surface area contributed by atoms with E-state index in [1.165, 1.54) is 6.07 Å². The zero-order valence-electron chi connectivity index (χ0n) is 13.0. The van der Waals surface area contributed by atoms with Crippen LogP contribution < -0.4 is 15.0 Å². The van der Waals surface area contributed by atoms with E-state index in [1.807, 2.05) is 39.2 Å². The van der Waals surface area contributed by atoms with Crippen molar-refractivity contribution in [2.75, 3.05) is 31.4 Å². The highest BCUT2D eigenvalue weighted by molar-refractivity contribution is 6.30. The summed E-state index contributed by atoms with van der Waals surface area (Å²) in [5.74, 6) is 0.956. The Morgan fingerprint density at radius 3 is 2.64 bits per heavy atom. The maximum absolute atomic E-state index is 12.4. The number of hydrogen-bond acceptors (Lipinski definition) is 4. The van der Waals surface area contributed by atoms with Crippen LogP contribution in [-0.4, -0.2) is 32.1 Å². The molecule has 0 aliphatic rings. The van der Waals surface area contributed by atoms with Crippen LogP contribution in [-0.2, 0) is 0 Å². The summed E-state index contributed by atoms with van der Waals surface area (Å²) in [6.45, 7) is 1.95. The number of ether oxygens (including phenoxy) is 1. The van der Waals surface area contributed by atoms with Crippen LogP contribution in [0, 0.1) is 6.92 Å². The Kier molecular flexibility index (Phi) is 4.88. The summed E-state index contributed by atoms with van der Waals surface area (Å²) in [5, 5.41) is 3.11. The number of carbonyl (C=O) groups is 1. The standard InChI is InChI=1S/C16H18ClN3O2/c1-10-5-6-13(22-4)12(7-10)18-16(21)11-8-14(17)19-15(9-11)20(2)3/h5-9H,1-4H3,(H,18,21). The summed E-state index contributed by atoms with van der Waals surface area (Å²) in [7, 11) is 5.24. The summed E-state index contributed by atoms with van der Waals surface area (Å²) >= 11 is 5.98. The highest BCUT2D eigenvalue weighted by Crippen LogP contribution is 2.26. The largest absolute Gasteiger partial charge is 0.495 e. The predicted molar refractivity (Wildman–Crippen MR) is 89.3 cm³/mol. The Hall–Kier alpha value is -2.27. The van der Waals surface area contributed by atoms with E-state index >= 15 is 0 Å². The first-order chi connectivity index (χ1) is 10.4. The molecule has 6 heteroatoms. The number of benzene rings is 1. The summed E-state index contributed by atoms with van der Waals surface area (Å²) in [4.78, 5) is 18.4. The van der Waals surface area contributed by atoms with Crippen molar-refractivity contribution >= 4 is 29.0 Å². The molecule has 0 fully saturated rings. The number of nitrogens with one attached hydrogen (secondary N) is 1. The Bertz CT molecular complexity index is 702. The van der Waals surface area contributed by atoms with Crippen LogP contribution in [0.1, 0.15) is 15.9 Å². The number of nitrogens with zero attached hydrogens (tertiary/aromatic N) is 2. The molecule has 0 unspecified atom stereocenters. The van der Waals surface area contributed by atoms with Crippen LogP contribution in [0.3, 0.4) is 0 Å². The number of anilines is 2. The topological polar surface area (TPSA) is 54.5 Å². The van der Waals surface area contributed by atoms with Gasteiger partial charge in [-0.1, -0.05) is 17.7 Å². The van der Waals surface area contributed by atoms with Crippen molar-refractivity contribution in [2.24, 2.45) is 0 Å². The van der Waals surface area contributed by atoms with Gasteiger partial charge >= 0.3 is 0 Å². The molecule has 0 atom stereocenters. The molecule has 0 saturated carbocycles. The van der Waals surface area contributed by atoms with Gasteiger partial charge < -0.3 is 15.0 Å². The molecule has 0 bridgehead atoms. The fourth-order valence-electron chi connectivity index (χ4n) is 1.96. The molecule has 5 nitrogen and oxygen atoms in total. The lowest BCUT2D eigenvalue weighted by atomic mass is 10.2. The third-order valence-electron chi connectivity index (χ3n) is 3.10. The predicted octanol–water partition coefficient (Wildman–Crippen LogP) is 3.37. The molecule has 1 aromatic heterocycles. The molecule has 0 aliphatic carbocycles. The molecule has 2 aromatic rings. The van der Waals surface area contributed by atoms with Crippen molar-refractivity contribution in [3.63, 3.8) is 0 Å². The second-order valence-corrected chi connectivity index (χ2v) is 5.48. The average molecular weight is 320 g/mol. The maximum atomic E-state index is 12.4. The molecule has 0 radical (unpaired) electrons. The minimum Gasteiger partial charge on any atom is -0.495 e. The highest BCUT2D eigenvalue weighted by atomic mass is 35.5. The maximum Gasteiger partial charge on any atom is 0.256 e. The molecular formula is C16H18ClN3O2. The molecular weight excluding hydrogens is 302 g/mol. The van der Waals surface area contributed by atoms with E-state index in [4.69, 9.17) is 16.3 Å². The summed E-state index contributed by atoms with van der Waals surface area (Å²) in [6, 6.07) is 8.81. The lowest BCUT2D eigenvalue weighted by Gasteiger charge is -2.14. The zero-order chi connectivity index (χ0) is 16.3. The number of amides is 1. The molecule has 1 aromatic carbocycles. The van der Waals surface area contributed by atoms with Crippen molar-refractivity contribution in [3.8, 4) is 5.75 Å². The molecule has 1 N–H and O–H groups in total. The summed E-state index contributed by atoms with van der Waals surface area (Å²) in [5.41, 5.74) is 2.08. The third-order valence-corrected chi connectivity index (χ3v) is 3.30. The van der Waals surface area contributed by atoms with Crippen molar-refractivity contribution in [2.45, 2.75) is 6.92 Å². The van der Waals surface area contributed by atoms with Crippen LogP contribution in [0.15, 0.2) is 30.3 Å². The van der Waals surface area contributed by atoms with Crippen molar-refractivity contribution in [3.05, 3.63) is 46.6 Å². The number of aromatic nitrogens is 1. The van der Waals surface area contributed by atoms with Crippen LogP contribution >= 0.6 is 11.6 Å². The third kappa shape index (κ3) is 3.68. The van der Waals surface area contributed by atoms with E-state index in [0.717, 1.165) is 5.56 Å². The quantitative estimate of drug-likeness (QED) is 0.878. The normalized spacial score (nSPS) is 10.2. The van der Waals surface area contributed by atoms with Gasteiger partial charge in [0.1, 0.15) is 16.7 Å². The fraction of sp³-hybridized carbons (Fsp3) is 0.250. The van der Waals surface area contributed by atoms with Gasteiger partial charge in [0, 0.05) is 19.7 Å². The number of aryl methyl sites for hydroxylation is 1. The molecule has 1 heterocycles. The average Bonchev–Trinajstić information content (AvgIpc) is 2.46. The first kappa shape index (κ1) is 16.1. The minimum absolute atomic E-state index is 0.267. The van der Waals surface area contributed by atoms with Gasteiger partial charge in [-0.2, -0.15) is 0 Å². The van der Waals surface area contributed by atoms with E-state index < -0.39 is 0 Å². The van der Waals surface area contributed by atoms with E-state index in [9.17, 15) is 4.79 Å². The summed E-state index contributed by atoms with van der Waals surface area (Å²) in [6.07, 6.45) is 0. The van der Waals surface area contributed by atoms with Gasteiger partial charge in [0.2, 0.25) is 0 Å². The van der Waals surface area contributed by atoms with Crippen LogP contribution in [0.25, 0.3) is 0 Å². The van der Waals surface area contributed by atoms with Gasteiger partial charge in [-0.05, 0) is 36.8 Å². The van der Waals surface area contributed by atoms with E-state index in [1.54, 1.807) is 18.1 Å². The first-order valence-corrected chi connectivity index (χ1v) is 7.09. The van der Waals surface area contributed by atoms with Crippen LogP contribution in [0.2, 0.25) is 5.15 Å². The number of rotatable bonds is 4. The number of methoxy groups -OCH3 is 1. The van der Waals surface area contributed by atoms with Crippen molar-refractivity contribution in [1.82, 2.24) is 4.98 Å². The molecule has 116 valence electrons. The summed E-state index contributed by atoms with van der Waals surface area (Å²) < 4.78 is 5.26. The molecule has 2 rings (SSSR count). The van der Waals surface area contributed by atoms with Gasteiger partial charge in [-0.25, -0.2) is 4.98 Å². The number of hydrogen-bond donors (Lipinski definition) is 1. The SMILES string of the molecule is COc1ccc(C)cc1NC(=O)c1cc(Cl)nc(N(C)C)c1. The van der Waals surface area contributed by atoms with Crippen molar-refractivity contribution in [1.29, 1.82) is 0 Å². The second kappa shape index (κ2) is 6.66. The Morgan fingerprint density at radius 2 is 2.00 bits per heavy atom. The van der Waals surface area contributed by atoms with Gasteiger partial charge in [0.05, 0.1) is 12.8 Å². The monoisotopic (exact) mass is 319 g/mol. The molecule has 0 saturated heterocycles. The van der Waals surface area contributed by atoms with Gasteiger partial charge in [0.25, 0.3) is 5.91 Å². The van der Waals surface area contributed by atoms with Crippen LogP contribution in [0.4, 0.5) is 11.5 Å². The lowest BCUT2D eigenvalue weighted by molar-refractivity contribution is 0.102. The first-order valence-electron chi connectivity index (χ1n) is 6.71. The smallest absolute Gasteiger partial charge is 0.256 e. The van der Waals surface area contributed by atoms with E-state index in [-0.39, 0.29) is 11.1 Å². The molecule has 0 aliphatic heterocycles. The number of halogens is 1. The fourth-order valence-corrected chi connectivity index (χ4v) is 2.16. The Labute approximate surface area is 134 Å². The Balaban J connectivity index is 2.32. The number of carbonyl (C=O) groups excluding carboxylic acids is 1. The second-order valence-electron chi connectivity index (χ2n) is 5.09. The van der Waals surface area contributed by atoms with Gasteiger partial charge in [0.15, 0.2) is 0 Å². The molecule has 22 heavy (non-hydrogen) atoms. The van der Waals surface area contributed by atoms with E-state index in [2.05, 4.69) is 10.3 Å².